The molecule has 1 aliphatic heterocycles. The van der Waals surface area contributed by atoms with Crippen molar-refractivity contribution in [3.8, 4) is 0 Å². The highest BCUT2D eigenvalue weighted by molar-refractivity contribution is 6.50. The number of aromatic amines is 1. The summed E-state index contributed by atoms with van der Waals surface area (Å²) in [5, 5.41) is 10.1. The number of fused-ring (bicyclic) bond motifs is 2. The second-order valence-corrected chi connectivity index (χ2v) is 8.39. The predicted octanol–water partition coefficient (Wildman–Crippen LogP) is 3.26. The summed E-state index contributed by atoms with van der Waals surface area (Å²) in [6.07, 6.45) is 4.60. The summed E-state index contributed by atoms with van der Waals surface area (Å²) in [4.78, 5) is 41.0. The quantitative estimate of drug-likeness (QED) is 0.253. The molecule has 0 spiro atoms. The number of carbonyl (C=O) groups is 3. The van der Waals surface area contributed by atoms with Crippen LogP contribution < -0.4 is 16.0 Å². The Kier molecular flexibility index (Phi) is 5.51. The minimum Gasteiger partial charge on any atom is -0.361 e. The molecule has 4 aromatic rings. The Morgan fingerprint density at radius 1 is 1.00 bits per heavy atom. The van der Waals surface area contributed by atoms with Crippen LogP contribution in [0.5, 0.6) is 0 Å². The highest BCUT2D eigenvalue weighted by Crippen LogP contribution is 2.39. The molecule has 8 heteroatoms. The maximum atomic E-state index is 13.1. The van der Waals surface area contributed by atoms with Gasteiger partial charge in [0.05, 0.1) is 11.1 Å². The summed E-state index contributed by atoms with van der Waals surface area (Å²) in [6.45, 7) is 3.04. The smallest absolute Gasteiger partial charge is 0.259 e. The van der Waals surface area contributed by atoms with Crippen LogP contribution in [-0.4, -0.2) is 40.9 Å². The summed E-state index contributed by atoms with van der Waals surface area (Å²) in [5.74, 6) is -1.02. The fraction of sp³-hybridized carbons (Fsp3) is 0.192. The van der Waals surface area contributed by atoms with Gasteiger partial charge in [-0.3, -0.25) is 19.7 Å². The number of imide groups is 1. The van der Waals surface area contributed by atoms with Crippen molar-refractivity contribution in [3.05, 3.63) is 66.0 Å². The van der Waals surface area contributed by atoms with Crippen molar-refractivity contribution in [2.45, 2.75) is 19.9 Å². The van der Waals surface area contributed by atoms with Crippen molar-refractivity contribution in [3.63, 3.8) is 0 Å². The topological polar surface area (TPSA) is 108 Å². The first-order valence-electron chi connectivity index (χ1n) is 11.2. The summed E-state index contributed by atoms with van der Waals surface area (Å²) < 4.78 is 2.09. The van der Waals surface area contributed by atoms with Gasteiger partial charge in [-0.1, -0.05) is 18.2 Å². The van der Waals surface area contributed by atoms with Gasteiger partial charge in [0.25, 0.3) is 11.8 Å². The predicted molar refractivity (Wildman–Crippen MR) is 133 cm³/mol. The van der Waals surface area contributed by atoms with Gasteiger partial charge in [0.15, 0.2) is 0 Å². The highest BCUT2D eigenvalue weighted by Gasteiger charge is 2.35. The van der Waals surface area contributed by atoms with Gasteiger partial charge in [0.2, 0.25) is 5.91 Å². The Hall–Kier alpha value is -4.17. The van der Waals surface area contributed by atoms with E-state index in [1.807, 2.05) is 55.7 Å². The van der Waals surface area contributed by atoms with Crippen molar-refractivity contribution in [2.75, 3.05) is 18.9 Å². The molecule has 0 radical (unpaired) electrons. The Morgan fingerprint density at radius 3 is 2.53 bits per heavy atom. The van der Waals surface area contributed by atoms with E-state index in [0.717, 1.165) is 41.3 Å². The van der Waals surface area contributed by atoms with Gasteiger partial charge in [-0.05, 0) is 44.3 Å². The van der Waals surface area contributed by atoms with E-state index in [0.29, 0.717) is 28.0 Å². The molecule has 8 nitrogen and oxygen atoms in total. The standard InChI is InChI=1S/C26H25N5O3/c1-15(32)29-16-8-9-22-18(12-16)20(14-31(22)11-5-10-27-2)24-23(25(33)30-26(24)34)19-13-28-21-7-4-3-6-17(19)21/h3-4,6-9,12-14,27-28H,5,10-11H2,1-2H3,(H,29,32)(H,30,33,34). The second-order valence-electron chi connectivity index (χ2n) is 8.39. The van der Waals surface area contributed by atoms with Crippen LogP contribution in [0.25, 0.3) is 33.0 Å². The van der Waals surface area contributed by atoms with Crippen LogP contribution in [-0.2, 0) is 20.9 Å². The van der Waals surface area contributed by atoms with Crippen LogP contribution in [0.4, 0.5) is 5.69 Å². The third-order valence-electron chi connectivity index (χ3n) is 6.09. The maximum Gasteiger partial charge on any atom is 0.259 e. The number of amides is 3. The number of H-pyrrole nitrogens is 1. The SMILES string of the molecule is CNCCCn1cc(C2=C(c3c[nH]c4ccccc34)C(=O)NC2=O)c2cc(NC(C)=O)ccc21. The van der Waals surface area contributed by atoms with Crippen molar-refractivity contribution in [1.82, 2.24) is 20.2 Å². The summed E-state index contributed by atoms with van der Waals surface area (Å²) in [7, 11) is 1.91. The van der Waals surface area contributed by atoms with E-state index in [-0.39, 0.29) is 5.91 Å². The van der Waals surface area contributed by atoms with Gasteiger partial charge in [-0.25, -0.2) is 0 Å². The van der Waals surface area contributed by atoms with E-state index in [4.69, 9.17) is 0 Å². The first-order chi connectivity index (χ1) is 16.5. The number of para-hydroxylation sites is 1. The van der Waals surface area contributed by atoms with Crippen LogP contribution in [0.1, 0.15) is 24.5 Å². The number of benzene rings is 2. The lowest BCUT2D eigenvalue weighted by Gasteiger charge is -2.06. The first-order valence-corrected chi connectivity index (χ1v) is 11.2. The number of hydrogen-bond donors (Lipinski definition) is 4. The molecule has 0 bridgehead atoms. The van der Waals surface area contributed by atoms with Gasteiger partial charge in [-0.2, -0.15) is 0 Å². The molecule has 2 aromatic heterocycles. The molecule has 3 heterocycles. The van der Waals surface area contributed by atoms with E-state index in [2.05, 4.69) is 25.5 Å². The molecule has 0 aliphatic carbocycles. The van der Waals surface area contributed by atoms with E-state index in [1.165, 1.54) is 6.92 Å². The lowest BCUT2D eigenvalue weighted by molar-refractivity contribution is -0.123. The van der Waals surface area contributed by atoms with E-state index < -0.39 is 11.8 Å². The van der Waals surface area contributed by atoms with Crippen molar-refractivity contribution < 1.29 is 14.4 Å². The molecule has 1 aliphatic rings. The van der Waals surface area contributed by atoms with Crippen molar-refractivity contribution in [2.24, 2.45) is 0 Å². The van der Waals surface area contributed by atoms with Crippen LogP contribution >= 0.6 is 0 Å². The molecule has 34 heavy (non-hydrogen) atoms. The van der Waals surface area contributed by atoms with E-state index >= 15 is 0 Å². The summed E-state index contributed by atoms with van der Waals surface area (Å²) in [6, 6.07) is 13.3. The lowest BCUT2D eigenvalue weighted by atomic mass is 9.95. The maximum absolute atomic E-state index is 13.1. The Morgan fingerprint density at radius 2 is 1.76 bits per heavy atom. The third kappa shape index (κ3) is 3.68. The Bertz CT molecular complexity index is 1490. The molecule has 3 amide bonds. The summed E-state index contributed by atoms with van der Waals surface area (Å²) in [5.41, 5.74) is 4.48. The van der Waals surface area contributed by atoms with Crippen molar-refractivity contribution in [1.29, 1.82) is 0 Å². The largest absolute Gasteiger partial charge is 0.361 e. The molecule has 0 saturated heterocycles. The number of aromatic nitrogens is 2. The number of hydrogen-bond acceptors (Lipinski definition) is 4. The van der Waals surface area contributed by atoms with E-state index in [9.17, 15) is 14.4 Å². The van der Waals surface area contributed by atoms with Crippen molar-refractivity contribution >= 4 is 56.4 Å². The molecule has 0 fully saturated rings. The number of nitrogens with zero attached hydrogens (tertiary/aromatic N) is 1. The molecule has 4 N–H and O–H groups in total. The van der Waals surface area contributed by atoms with E-state index in [1.54, 1.807) is 6.20 Å². The molecular formula is C26H25N5O3. The Labute approximate surface area is 196 Å². The average Bonchev–Trinajstić information content (AvgIpc) is 3.46. The minimum absolute atomic E-state index is 0.179. The molecule has 2 aromatic carbocycles. The normalized spacial score (nSPS) is 13.8. The van der Waals surface area contributed by atoms with Gasteiger partial charge in [0, 0.05) is 64.5 Å². The van der Waals surface area contributed by atoms with Crippen LogP contribution in [0.2, 0.25) is 0 Å². The minimum atomic E-state index is -0.426. The molecule has 172 valence electrons. The van der Waals surface area contributed by atoms with Gasteiger partial charge in [0.1, 0.15) is 0 Å². The van der Waals surface area contributed by atoms with Gasteiger partial charge in [-0.15, -0.1) is 0 Å². The number of nitrogens with one attached hydrogen (secondary N) is 4. The zero-order chi connectivity index (χ0) is 23.8. The van der Waals surface area contributed by atoms with Gasteiger partial charge >= 0.3 is 0 Å². The molecule has 0 atom stereocenters. The number of aryl methyl sites for hydroxylation is 1. The molecule has 5 rings (SSSR count). The number of rotatable bonds is 7. The fourth-order valence-electron chi connectivity index (χ4n) is 4.64. The molecular weight excluding hydrogens is 430 g/mol. The molecule has 0 saturated carbocycles. The van der Waals surface area contributed by atoms with Crippen LogP contribution in [0.15, 0.2) is 54.9 Å². The monoisotopic (exact) mass is 455 g/mol. The highest BCUT2D eigenvalue weighted by atomic mass is 16.2. The third-order valence-corrected chi connectivity index (χ3v) is 6.09. The average molecular weight is 456 g/mol. The molecule has 0 unspecified atom stereocenters. The fourth-order valence-corrected chi connectivity index (χ4v) is 4.64. The number of carbonyl (C=O) groups excluding carboxylic acids is 3. The van der Waals surface area contributed by atoms with Crippen LogP contribution in [0.3, 0.4) is 0 Å². The Balaban J connectivity index is 1.75. The zero-order valence-electron chi connectivity index (χ0n) is 19.0. The lowest BCUT2D eigenvalue weighted by Crippen LogP contribution is -2.22. The van der Waals surface area contributed by atoms with Crippen LogP contribution in [0, 0.1) is 0 Å². The second kappa shape index (κ2) is 8.64. The zero-order valence-corrected chi connectivity index (χ0v) is 19.0. The number of anilines is 1. The first kappa shape index (κ1) is 21.7. The van der Waals surface area contributed by atoms with Gasteiger partial charge < -0.3 is 20.2 Å². The summed E-state index contributed by atoms with van der Waals surface area (Å²) >= 11 is 0.